The number of ether oxygens (including phenoxy) is 1. The first-order chi connectivity index (χ1) is 18.9. The fourth-order valence-electron chi connectivity index (χ4n) is 4.55. The summed E-state index contributed by atoms with van der Waals surface area (Å²) in [5, 5.41) is 3.39. The van der Waals surface area contributed by atoms with Crippen LogP contribution in [0.4, 0.5) is 5.82 Å². The zero-order chi connectivity index (χ0) is 27.8. The molecule has 0 unspecified atom stereocenters. The first kappa shape index (κ1) is 28.8. The third-order valence-electron chi connectivity index (χ3n) is 6.84. The van der Waals surface area contributed by atoms with Crippen LogP contribution in [0.1, 0.15) is 62.1 Å². The number of fused-ring (bicyclic) bond motifs is 1. The van der Waals surface area contributed by atoms with Crippen LogP contribution >= 0.6 is 24.0 Å². The second-order valence-electron chi connectivity index (χ2n) is 9.69. The van der Waals surface area contributed by atoms with Crippen LogP contribution in [0.25, 0.3) is 11.7 Å². The first-order valence-corrected chi connectivity index (χ1v) is 14.8. The maximum absolute atomic E-state index is 13.6. The van der Waals surface area contributed by atoms with Crippen molar-refractivity contribution in [1.82, 2.24) is 14.3 Å². The summed E-state index contributed by atoms with van der Waals surface area (Å²) in [6.45, 7) is 5.33. The van der Waals surface area contributed by atoms with E-state index in [0.29, 0.717) is 45.8 Å². The van der Waals surface area contributed by atoms with Crippen molar-refractivity contribution in [3.8, 4) is 5.75 Å². The van der Waals surface area contributed by atoms with E-state index in [1.165, 1.54) is 37.4 Å². The molecule has 1 amide bonds. The number of nitrogens with one attached hydrogen (secondary N) is 1. The number of amides is 1. The lowest BCUT2D eigenvalue weighted by atomic mass is 10.1. The summed E-state index contributed by atoms with van der Waals surface area (Å²) in [6.07, 6.45) is 11.1. The highest BCUT2D eigenvalue weighted by Crippen LogP contribution is 2.33. The Morgan fingerprint density at radius 3 is 2.56 bits per heavy atom. The van der Waals surface area contributed by atoms with Crippen molar-refractivity contribution in [2.24, 2.45) is 0 Å². The largest absolute Gasteiger partial charge is 0.497 e. The third-order valence-corrected chi connectivity index (χ3v) is 8.22. The molecule has 3 aromatic rings. The van der Waals surface area contributed by atoms with Gasteiger partial charge in [-0.1, -0.05) is 81.2 Å². The topological polar surface area (TPSA) is 75.9 Å². The highest BCUT2D eigenvalue weighted by atomic mass is 32.2. The zero-order valence-electron chi connectivity index (χ0n) is 22.9. The fourth-order valence-corrected chi connectivity index (χ4v) is 5.84. The van der Waals surface area contributed by atoms with Gasteiger partial charge in [0.25, 0.3) is 11.5 Å². The molecule has 0 radical (unpaired) electrons. The van der Waals surface area contributed by atoms with Gasteiger partial charge in [-0.2, -0.15) is 0 Å². The molecular formula is C30H36N4O3S2. The van der Waals surface area contributed by atoms with Crippen LogP contribution in [0.5, 0.6) is 5.75 Å². The minimum Gasteiger partial charge on any atom is -0.497 e. The second kappa shape index (κ2) is 13.8. The summed E-state index contributed by atoms with van der Waals surface area (Å²) in [7, 11) is 1.63. The average molecular weight is 565 g/mol. The molecule has 0 spiro atoms. The molecular weight excluding hydrogens is 528 g/mol. The van der Waals surface area contributed by atoms with Crippen molar-refractivity contribution < 1.29 is 9.53 Å². The summed E-state index contributed by atoms with van der Waals surface area (Å²) in [6, 6.07) is 11.5. The van der Waals surface area contributed by atoms with Gasteiger partial charge in [0.15, 0.2) is 0 Å². The Kier molecular flexibility index (Phi) is 10.2. The second-order valence-corrected chi connectivity index (χ2v) is 11.4. The van der Waals surface area contributed by atoms with Gasteiger partial charge in [-0.05, 0) is 55.2 Å². The molecule has 1 fully saturated rings. The van der Waals surface area contributed by atoms with Crippen LogP contribution in [0, 0.1) is 6.92 Å². The third kappa shape index (κ3) is 7.08. The number of carbonyl (C=O) groups is 1. The maximum Gasteiger partial charge on any atom is 0.267 e. The molecule has 0 bridgehead atoms. The van der Waals surface area contributed by atoms with Gasteiger partial charge in [0.2, 0.25) is 0 Å². The number of pyridine rings is 1. The van der Waals surface area contributed by atoms with Crippen molar-refractivity contribution in [1.29, 1.82) is 0 Å². The summed E-state index contributed by atoms with van der Waals surface area (Å²) in [4.78, 5) is 33.8. The Balaban J connectivity index is 1.55. The summed E-state index contributed by atoms with van der Waals surface area (Å²) in [5.41, 5.74) is 2.77. The van der Waals surface area contributed by atoms with Gasteiger partial charge >= 0.3 is 0 Å². The summed E-state index contributed by atoms with van der Waals surface area (Å²) in [5.74, 6) is 1.11. The van der Waals surface area contributed by atoms with E-state index in [1.807, 2.05) is 43.3 Å². The summed E-state index contributed by atoms with van der Waals surface area (Å²) < 4.78 is 7.26. The van der Waals surface area contributed by atoms with Gasteiger partial charge in [0.05, 0.1) is 17.6 Å². The number of hydrogen-bond acceptors (Lipinski definition) is 7. The molecule has 39 heavy (non-hydrogen) atoms. The smallest absolute Gasteiger partial charge is 0.267 e. The summed E-state index contributed by atoms with van der Waals surface area (Å²) >= 11 is 6.78. The van der Waals surface area contributed by atoms with Gasteiger partial charge in [-0.3, -0.25) is 18.9 Å². The number of hydrogen-bond donors (Lipinski definition) is 1. The first-order valence-electron chi connectivity index (χ1n) is 13.6. The number of aryl methyl sites for hydroxylation is 1. The van der Waals surface area contributed by atoms with Gasteiger partial charge in [0.1, 0.15) is 21.5 Å². The molecule has 3 heterocycles. The van der Waals surface area contributed by atoms with Crippen molar-refractivity contribution in [3.05, 3.63) is 74.5 Å². The number of anilines is 1. The van der Waals surface area contributed by atoms with E-state index in [9.17, 15) is 9.59 Å². The van der Waals surface area contributed by atoms with Crippen LogP contribution in [0.3, 0.4) is 0 Å². The van der Waals surface area contributed by atoms with E-state index in [1.54, 1.807) is 28.7 Å². The number of aromatic nitrogens is 2. The van der Waals surface area contributed by atoms with E-state index in [0.717, 1.165) is 29.7 Å². The minimum absolute atomic E-state index is 0.186. The Morgan fingerprint density at radius 1 is 1.08 bits per heavy atom. The highest BCUT2D eigenvalue weighted by molar-refractivity contribution is 8.26. The van der Waals surface area contributed by atoms with Gasteiger partial charge in [-0.25, -0.2) is 4.98 Å². The Hall–Kier alpha value is -3.17. The Labute approximate surface area is 239 Å². The minimum atomic E-state index is -0.211. The van der Waals surface area contributed by atoms with Crippen molar-refractivity contribution in [2.75, 3.05) is 25.5 Å². The number of benzene rings is 1. The lowest BCUT2D eigenvalue weighted by Gasteiger charge is -2.14. The molecule has 1 aliphatic heterocycles. The van der Waals surface area contributed by atoms with E-state index >= 15 is 0 Å². The molecule has 1 aromatic carbocycles. The fraction of sp³-hybridized carbons (Fsp3) is 0.400. The van der Waals surface area contributed by atoms with Crippen molar-refractivity contribution in [3.63, 3.8) is 0 Å². The lowest BCUT2D eigenvalue weighted by Crippen LogP contribution is -2.30. The van der Waals surface area contributed by atoms with E-state index in [4.69, 9.17) is 21.9 Å². The molecule has 1 saturated heterocycles. The molecule has 9 heteroatoms. The monoisotopic (exact) mass is 564 g/mol. The van der Waals surface area contributed by atoms with Crippen LogP contribution in [0.2, 0.25) is 0 Å². The van der Waals surface area contributed by atoms with E-state index in [2.05, 4.69) is 12.2 Å². The van der Waals surface area contributed by atoms with E-state index < -0.39 is 0 Å². The van der Waals surface area contributed by atoms with Crippen LogP contribution in [-0.4, -0.2) is 44.7 Å². The van der Waals surface area contributed by atoms with Gasteiger partial charge in [-0.15, -0.1) is 0 Å². The molecule has 0 atom stereocenters. The van der Waals surface area contributed by atoms with E-state index in [-0.39, 0.29) is 11.5 Å². The predicted octanol–water partition coefficient (Wildman–Crippen LogP) is 6.23. The number of thiocarbonyl (C=S) groups is 1. The number of thioether (sulfide) groups is 1. The zero-order valence-corrected chi connectivity index (χ0v) is 24.5. The lowest BCUT2D eigenvalue weighted by molar-refractivity contribution is -0.122. The molecule has 0 saturated carbocycles. The quantitative estimate of drug-likeness (QED) is 0.150. The van der Waals surface area contributed by atoms with Crippen LogP contribution in [0.15, 0.2) is 52.3 Å². The molecule has 2 aromatic heterocycles. The Morgan fingerprint density at radius 2 is 1.82 bits per heavy atom. The average Bonchev–Trinajstić information content (AvgIpc) is 3.21. The van der Waals surface area contributed by atoms with Gasteiger partial charge < -0.3 is 10.1 Å². The molecule has 0 aliphatic carbocycles. The molecule has 1 N–H and O–H groups in total. The number of unbranched alkanes of at least 4 members (excludes halogenated alkanes) is 5. The van der Waals surface area contributed by atoms with Crippen molar-refractivity contribution >= 4 is 51.7 Å². The number of carbonyl (C=O) groups excluding carboxylic acids is 1. The van der Waals surface area contributed by atoms with Crippen LogP contribution in [-0.2, 0) is 11.2 Å². The molecule has 1 aliphatic rings. The number of rotatable bonds is 13. The molecule has 7 nitrogen and oxygen atoms in total. The predicted molar refractivity (Wildman–Crippen MR) is 165 cm³/mol. The van der Waals surface area contributed by atoms with Gasteiger partial charge in [0, 0.05) is 19.3 Å². The normalized spacial score (nSPS) is 14.5. The maximum atomic E-state index is 13.6. The SMILES string of the molecule is CCCCCCCCNc1nc2c(C)cccn2c(=O)c1/C=C1/SC(=S)N(CCc2ccc(OC)cc2)C1=O. The van der Waals surface area contributed by atoms with Crippen molar-refractivity contribution in [2.45, 2.75) is 58.8 Å². The standard InChI is InChI=1S/C30H36N4O3S2/c1-4-5-6-7-8-9-17-31-26-24(28(35)33-18-10-11-21(2)27(33)32-26)20-25-29(36)34(30(38)39-25)19-16-22-12-14-23(37-3)15-13-22/h10-15,18,20,31H,4-9,16-17,19H2,1-3H3/b25-20+. The number of methoxy groups -OCH3 is 1. The molecule has 4 rings (SSSR count). The Bertz CT molecular complexity index is 1420. The molecule has 206 valence electrons. The highest BCUT2D eigenvalue weighted by Gasteiger charge is 2.32. The number of nitrogens with zero attached hydrogens (tertiary/aromatic N) is 3. The van der Waals surface area contributed by atoms with Crippen LogP contribution < -0.4 is 15.6 Å².